The number of aromatic nitrogens is 2. The molecule has 136 valence electrons. The maximum absolute atomic E-state index is 12.1. The van der Waals surface area contributed by atoms with Gasteiger partial charge in [0.25, 0.3) is 0 Å². The third-order valence-corrected chi connectivity index (χ3v) is 4.16. The van der Waals surface area contributed by atoms with Crippen LogP contribution in [0.2, 0.25) is 0 Å². The van der Waals surface area contributed by atoms with E-state index in [0.29, 0.717) is 24.5 Å². The van der Waals surface area contributed by atoms with Crippen molar-refractivity contribution < 1.29 is 14.3 Å². The third kappa shape index (κ3) is 4.33. The fourth-order valence-corrected chi connectivity index (χ4v) is 2.85. The lowest BCUT2D eigenvalue weighted by atomic mass is 10.1. The number of fused-ring (bicyclic) bond motifs is 1. The molecule has 6 nitrogen and oxygen atoms in total. The highest BCUT2D eigenvalue weighted by molar-refractivity contribution is 5.78. The smallest absolute Gasteiger partial charge is 0.224 e. The van der Waals surface area contributed by atoms with Crippen molar-refractivity contribution in [2.45, 2.75) is 19.3 Å². The molecule has 0 saturated carbocycles. The van der Waals surface area contributed by atoms with E-state index in [9.17, 15) is 4.79 Å². The number of benzene rings is 2. The SMILES string of the molecule is COc1ccc(CC(=O)NCCCc2nc3ccccc3[nH]2)cc1OC. The first-order chi connectivity index (χ1) is 12.7. The molecule has 0 spiro atoms. The van der Waals surface area contributed by atoms with Gasteiger partial charge >= 0.3 is 0 Å². The van der Waals surface area contributed by atoms with Crippen molar-refractivity contribution in [3.8, 4) is 11.5 Å². The molecular formula is C20H23N3O3. The van der Waals surface area contributed by atoms with Crippen LogP contribution < -0.4 is 14.8 Å². The predicted molar refractivity (Wildman–Crippen MR) is 101 cm³/mol. The van der Waals surface area contributed by atoms with Crippen LogP contribution >= 0.6 is 0 Å². The monoisotopic (exact) mass is 353 g/mol. The number of nitrogens with one attached hydrogen (secondary N) is 2. The van der Waals surface area contributed by atoms with Crippen molar-refractivity contribution in [1.29, 1.82) is 0 Å². The molecule has 0 unspecified atom stereocenters. The first-order valence-electron chi connectivity index (χ1n) is 8.61. The van der Waals surface area contributed by atoms with Gasteiger partial charge in [-0.3, -0.25) is 4.79 Å². The van der Waals surface area contributed by atoms with Gasteiger partial charge in [0, 0.05) is 13.0 Å². The van der Waals surface area contributed by atoms with Crippen LogP contribution in [0.25, 0.3) is 11.0 Å². The summed E-state index contributed by atoms with van der Waals surface area (Å²) < 4.78 is 10.5. The maximum atomic E-state index is 12.1. The molecule has 0 aliphatic carbocycles. The number of aromatic amines is 1. The Morgan fingerprint density at radius 3 is 2.69 bits per heavy atom. The van der Waals surface area contributed by atoms with E-state index >= 15 is 0 Å². The molecule has 6 heteroatoms. The highest BCUT2D eigenvalue weighted by Crippen LogP contribution is 2.27. The molecule has 0 atom stereocenters. The summed E-state index contributed by atoms with van der Waals surface area (Å²) in [4.78, 5) is 19.9. The van der Waals surface area contributed by atoms with Gasteiger partial charge in [0.05, 0.1) is 31.7 Å². The summed E-state index contributed by atoms with van der Waals surface area (Å²) in [6, 6.07) is 13.5. The van der Waals surface area contributed by atoms with E-state index in [1.54, 1.807) is 14.2 Å². The first-order valence-corrected chi connectivity index (χ1v) is 8.61. The van der Waals surface area contributed by atoms with E-state index in [0.717, 1.165) is 35.3 Å². The summed E-state index contributed by atoms with van der Waals surface area (Å²) in [6.07, 6.45) is 1.94. The molecule has 0 aliphatic heterocycles. The zero-order valence-corrected chi connectivity index (χ0v) is 15.0. The molecular weight excluding hydrogens is 330 g/mol. The van der Waals surface area contributed by atoms with Gasteiger partial charge in [0.1, 0.15) is 5.82 Å². The summed E-state index contributed by atoms with van der Waals surface area (Å²) in [5.41, 5.74) is 2.90. The topological polar surface area (TPSA) is 76.2 Å². The van der Waals surface area contributed by atoms with Crippen LogP contribution in [0.4, 0.5) is 0 Å². The fourth-order valence-electron chi connectivity index (χ4n) is 2.85. The number of hydrogen-bond donors (Lipinski definition) is 2. The van der Waals surface area contributed by atoms with Crippen LogP contribution in [-0.4, -0.2) is 36.6 Å². The number of rotatable bonds is 8. The summed E-state index contributed by atoms with van der Waals surface area (Å²) in [5, 5.41) is 2.95. The number of carbonyl (C=O) groups excluding carboxylic acids is 1. The number of hydrogen-bond acceptors (Lipinski definition) is 4. The molecule has 0 fully saturated rings. The van der Waals surface area contributed by atoms with Gasteiger partial charge in [-0.1, -0.05) is 18.2 Å². The van der Waals surface area contributed by atoms with Crippen LogP contribution in [0.3, 0.4) is 0 Å². The van der Waals surface area contributed by atoms with Crippen molar-refractivity contribution >= 4 is 16.9 Å². The highest BCUT2D eigenvalue weighted by atomic mass is 16.5. The van der Waals surface area contributed by atoms with Crippen molar-refractivity contribution in [1.82, 2.24) is 15.3 Å². The maximum Gasteiger partial charge on any atom is 0.224 e. The van der Waals surface area contributed by atoms with E-state index in [4.69, 9.17) is 9.47 Å². The molecule has 0 radical (unpaired) electrons. The number of carbonyl (C=O) groups is 1. The molecule has 1 amide bonds. The van der Waals surface area contributed by atoms with Crippen molar-refractivity contribution in [3.05, 3.63) is 53.9 Å². The quantitative estimate of drug-likeness (QED) is 0.611. The molecule has 2 aromatic carbocycles. The summed E-state index contributed by atoms with van der Waals surface area (Å²) in [7, 11) is 3.17. The lowest BCUT2D eigenvalue weighted by Gasteiger charge is -2.09. The summed E-state index contributed by atoms with van der Waals surface area (Å²) in [5.74, 6) is 2.22. The molecule has 0 bridgehead atoms. The molecule has 26 heavy (non-hydrogen) atoms. The zero-order valence-electron chi connectivity index (χ0n) is 15.0. The minimum absolute atomic E-state index is 0.0122. The van der Waals surface area contributed by atoms with Crippen LogP contribution in [0.5, 0.6) is 11.5 Å². The Morgan fingerprint density at radius 2 is 1.92 bits per heavy atom. The highest BCUT2D eigenvalue weighted by Gasteiger charge is 2.08. The second-order valence-electron chi connectivity index (χ2n) is 6.02. The first kappa shape index (κ1) is 17.8. The molecule has 3 aromatic rings. The Morgan fingerprint density at radius 1 is 1.12 bits per heavy atom. The minimum atomic E-state index is -0.0122. The normalized spacial score (nSPS) is 10.7. The van der Waals surface area contributed by atoms with Crippen LogP contribution in [0, 0.1) is 0 Å². The van der Waals surface area contributed by atoms with Gasteiger partial charge < -0.3 is 19.8 Å². The second-order valence-corrected chi connectivity index (χ2v) is 6.02. The molecule has 0 aliphatic rings. The van der Waals surface area contributed by atoms with Crippen LogP contribution in [-0.2, 0) is 17.6 Å². The van der Waals surface area contributed by atoms with Crippen molar-refractivity contribution in [2.24, 2.45) is 0 Å². The lowest BCUT2D eigenvalue weighted by Crippen LogP contribution is -2.26. The number of aryl methyl sites for hydroxylation is 1. The largest absolute Gasteiger partial charge is 0.493 e. The zero-order chi connectivity index (χ0) is 18.4. The molecule has 1 heterocycles. The number of amides is 1. The number of ether oxygens (including phenoxy) is 2. The van der Waals surface area contributed by atoms with Crippen molar-refractivity contribution in [3.63, 3.8) is 0 Å². The van der Waals surface area contributed by atoms with Crippen molar-refractivity contribution in [2.75, 3.05) is 20.8 Å². The van der Waals surface area contributed by atoms with Gasteiger partial charge in [-0.2, -0.15) is 0 Å². The van der Waals surface area contributed by atoms with E-state index in [1.807, 2.05) is 42.5 Å². The molecule has 2 N–H and O–H groups in total. The second kappa shape index (κ2) is 8.38. The molecule has 1 aromatic heterocycles. The van der Waals surface area contributed by atoms with Gasteiger partial charge in [-0.25, -0.2) is 4.98 Å². The van der Waals surface area contributed by atoms with Gasteiger partial charge in [0.2, 0.25) is 5.91 Å². The van der Waals surface area contributed by atoms with Gasteiger partial charge in [-0.15, -0.1) is 0 Å². The standard InChI is InChI=1S/C20H23N3O3/c1-25-17-10-9-14(12-18(17)26-2)13-20(24)21-11-5-8-19-22-15-6-3-4-7-16(15)23-19/h3-4,6-7,9-10,12H,5,8,11,13H2,1-2H3,(H,21,24)(H,22,23). The number of methoxy groups -OCH3 is 2. The number of nitrogens with zero attached hydrogens (tertiary/aromatic N) is 1. The van der Waals surface area contributed by atoms with E-state index < -0.39 is 0 Å². The Kier molecular flexibility index (Phi) is 5.73. The van der Waals surface area contributed by atoms with E-state index in [2.05, 4.69) is 15.3 Å². The summed E-state index contributed by atoms with van der Waals surface area (Å²) >= 11 is 0. The average Bonchev–Trinajstić information content (AvgIpc) is 3.08. The van der Waals surface area contributed by atoms with Gasteiger partial charge in [0.15, 0.2) is 11.5 Å². The number of para-hydroxylation sites is 2. The predicted octanol–water partition coefficient (Wildman–Crippen LogP) is 2.87. The number of imidazole rings is 1. The Balaban J connectivity index is 1.45. The number of H-pyrrole nitrogens is 1. The lowest BCUT2D eigenvalue weighted by molar-refractivity contribution is -0.120. The molecule has 3 rings (SSSR count). The molecule has 0 saturated heterocycles. The minimum Gasteiger partial charge on any atom is -0.493 e. The van der Waals surface area contributed by atoms with Crippen LogP contribution in [0.15, 0.2) is 42.5 Å². The Hall–Kier alpha value is -3.02. The average molecular weight is 353 g/mol. The summed E-state index contributed by atoms with van der Waals surface area (Å²) in [6.45, 7) is 0.614. The Labute approximate surface area is 152 Å². The van der Waals surface area contributed by atoms with E-state index in [-0.39, 0.29) is 5.91 Å². The third-order valence-electron chi connectivity index (χ3n) is 4.16. The van der Waals surface area contributed by atoms with E-state index in [1.165, 1.54) is 0 Å². The fraction of sp³-hybridized carbons (Fsp3) is 0.300. The Bertz CT molecular complexity index is 856. The van der Waals surface area contributed by atoms with Crippen LogP contribution in [0.1, 0.15) is 17.8 Å². The van der Waals surface area contributed by atoms with Gasteiger partial charge in [-0.05, 0) is 36.2 Å².